The second-order valence-electron chi connectivity index (χ2n) is 12.1. The van der Waals surface area contributed by atoms with E-state index in [0.717, 1.165) is 83.0 Å². The number of rotatable bonds is 9. The average Bonchev–Trinajstić information content (AvgIpc) is 3.46. The van der Waals surface area contributed by atoms with Crippen molar-refractivity contribution in [3.8, 4) is 16.9 Å². The molecule has 226 valence electrons. The van der Waals surface area contributed by atoms with Crippen LogP contribution in [-0.2, 0) is 27.2 Å². The van der Waals surface area contributed by atoms with Crippen molar-refractivity contribution >= 4 is 17.9 Å². The van der Waals surface area contributed by atoms with Crippen LogP contribution < -0.4 is 9.64 Å². The van der Waals surface area contributed by atoms with Crippen LogP contribution in [0.2, 0.25) is 0 Å². The zero-order valence-electron chi connectivity index (χ0n) is 25.8. The van der Waals surface area contributed by atoms with Gasteiger partial charge in [-0.2, -0.15) is 0 Å². The Morgan fingerprint density at radius 3 is 2.51 bits per heavy atom. The number of pyridine rings is 1. The van der Waals surface area contributed by atoms with Gasteiger partial charge in [-0.3, -0.25) is 9.69 Å². The summed E-state index contributed by atoms with van der Waals surface area (Å²) >= 11 is 0. The summed E-state index contributed by atoms with van der Waals surface area (Å²) in [6, 6.07) is 14.6. The van der Waals surface area contributed by atoms with Crippen LogP contribution in [0.1, 0.15) is 78.6 Å². The zero-order chi connectivity index (χ0) is 30.2. The summed E-state index contributed by atoms with van der Waals surface area (Å²) in [5.74, 6) is 1.61. The molecule has 3 aliphatic rings. The summed E-state index contributed by atoms with van der Waals surface area (Å²) in [5, 5.41) is 0. The van der Waals surface area contributed by atoms with Crippen molar-refractivity contribution in [3.63, 3.8) is 0 Å². The van der Waals surface area contributed by atoms with Crippen LogP contribution in [0, 0.1) is 13.8 Å². The number of benzene rings is 2. The van der Waals surface area contributed by atoms with Crippen LogP contribution >= 0.6 is 0 Å². The second kappa shape index (κ2) is 11.9. The van der Waals surface area contributed by atoms with Crippen molar-refractivity contribution in [2.24, 2.45) is 0 Å². The van der Waals surface area contributed by atoms with Crippen LogP contribution in [0.15, 0.2) is 42.5 Å². The third-order valence-electron chi connectivity index (χ3n) is 9.10. The number of cyclic esters (lactones) is 1. The lowest BCUT2D eigenvalue weighted by Crippen LogP contribution is -2.38. The highest BCUT2D eigenvalue weighted by atomic mass is 16.6. The SMILES string of the molecule is CCOC(=O)C[C@@H]1CCc2cc(OC)c(-c3ccc(N4CCC4)nc3CN3C(=O)O[C@H](c4cc(C)cc(C)c4)[C@@H]3C)cc21. The first-order valence-electron chi connectivity index (χ1n) is 15.4. The van der Waals surface area contributed by atoms with Crippen molar-refractivity contribution in [2.75, 3.05) is 31.7 Å². The van der Waals surface area contributed by atoms with E-state index in [1.807, 2.05) is 13.8 Å². The molecule has 2 fully saturated rings. The number of nitrogens with zero attached hydrogens (tertiary/aromatic N) is 3. The van der Waals surface area contributed by atoms with E-state index in [9.17, 15) is 9.59 Å². The number of ether oxygens (including phenoxy) is 3. The molecule has 8 heteroatoms. The molecule has 3 atom stereocenters. The predicted molar refractivity (Wildman–Crippen MR) is 166 cm³/mol. The Labute approximate surface area is 254 Å². The van der Waals surface area contributed by atoms with Crippen molar-refractivity contribution in [1.29, 1.82) is 0 Å². The van der Waals surface area contributed by atoms with Crippen molar-refractivity contribution in [1.82, 2.24) is 9.88 Å². The van der Waals surface area contributed by atoms with E-state index in [0.29, 0.717) is 19.6 Å². The van der Waals surface area contributed by atoms with Gasteiger partial charge in [0.05, 0.1) is 38.4 Å². The molecular formula is C35H41N3O5. The van der Waals surface area contributed by atoms with E-state index < -0.39 is 0 Å². The first-order chi connectivity index (χ1) is 20.7. The number of anilines is 1. The van der Waals surface area contributed by atoms with Gasteiger partial charge in [0.1, 0.15) is 17.7 Å². The van der Waals surface area contributed by atoms with Gasteiger partial charge in [0.15, 0.2) is 0 Å². The lowest BCUT2D eigenvalue weighted by Gasteiger charge is -2.33. The Kier molecular flexibility index (Phi) is 8.03. The quantitative estimate of drug-likeness (QED) is 0.261. The molecule has 3 heterocycles. The van der Waals surface area contributed by atoms with E-state index in [2.05, 4.69) is 61.2 Å². The fourth-order valence-electron chi connectivity index (χ4n) is 6.81. The fourth-order valence-corrected chi connectivity index (χ4v) is 6.81. The topological polar surface area (TPSA) is 81.2 Å². The van der Waals surface area contributed by atoms with Gasteiger partial charge >= 0.3 is 12.1 Å². The monoisotopic (exact) mass is 583 g/mol. The third kappa shape index (κ3) is 5.67. The standard InChI is InChI=1S/C35H41N3O5/c1-6-42-33(39)18-25-9-8-24-17-31(41-5)29(19-28(24)25)27-10-11-32(37-12-7-13-37)36-30(27)20-38-23(4)34(43-35(38)40)26-15-21(2)14-22(3)16-26/h10-11,14-17,19,23,25,34H,6-9,12-13,18,20H2,1-5H3/t23-,25-,34-/m0/s1. The Morgan fingerprint density at radius 2 is 1.84 bits per heavy atom. The van der Waals surface area contributed by atoms with E-state index in [-0.39, 0.29) is 30.1 Å². The van der Waals surface area contributed by atoms with Crippen molar-refractivity contribution < 1.29 is 23.8 Å². The summed E-state index contributed by atoms with van der Waals surface area (Å²) in [7, 11) is 1.69. The summed E-state index contributed by atoms with van der Waals surface area (Å²) in [6.45, 7) is 10.6. The Bertz CT molecular complexity index is 1530. The van der Waals surface area contributed by atoms with Gasteiger partial charge in [0, 0.05) is 24.2 Å². The highest BCUT2D eigenvalue weighted by molar-refractivity contribution is 5.78. The molecule has 1 amide bonds. The van der Waals surface area contributed by atoms with E-state index in [1.54, 1.807) is 12.0 Å². The molecule has 8 nitrogen and oxygen atoms in total. The zero-order valence-corrected chi connectivity index (χ0v) is 25.8. The highest BCUT2D eigenvalue weighted by Crippen LogP contribution is 2.44. The number of amides is 1. The minimum atomic E-state index is -0.355. The fraction of sp³-hybridized carbons (Fsp3) is 0.457. The second-order valence-corrected chi connectivity index (χ2v) is 12.1. The Balaban J connectivity index is 1.37. The first kappa shape index (κ1) is 29.0. The number of carbonyl (C=O) groups excluding carboxylic acids is 2. The molecular weight excluding hydrogens is 542 g/mol. The summed E-state index contributed by atoms with van der Waals surface area (Å²) in [4.78, 5) is 34.9. The van der Waals surface area contributed by atoms with Crippen molar-refractivity contribution in [3.05, 3.63) is 76.0 Å². The lowest BCUT2D eigenvalue weighted by molar-refractivity contribution is -0.143. The number of methoxy groups -OCH3 is 1. The largest absolute Gasteiger partial charge is 0.496 e. The minimum Gasteiger partial charge on any atom is -0.496 e. The van der Waals surface area contributed by atoms with Gasteiger partial charge in [-0.15, -0.1) is 0 Å². The molecule has 0 N–H and O–H groups in total. The molecule has 0 saturated carbocycles. The van der Waals surface area contributed by atoms with Crippen LogP contribution in [0.3, 0.4) is 0 Å². The summed E-state index contributed by atoms with van der Waals surface area (Å²) in [6.07, 6.45) is 2.61. The Hall–Kier alpha value is -4.07. The number of hydrogen-bond acceptors (Lipinski definition) is 7. The molecule has 0 unspecified atom stereocenters. The number of esters is 1. The van der Waals surface area contributed by atoms with E-state index in [1.165, 1.54) is 5.56 Å². The van der Waals surface area contributed by atoms with Crippen LogP contribution in [-0.4, -0.2) is 54.8 Å². The van der Waals surface area contributed by atoms with Gasteiger partial charge in [0.25, 0.3) is 0 Å². The predicted octanol–water partition coefficient (Wildman–Crippen LogP) is 6.65. The first-order valence-corrected chi connectivity index (χ1v) is 15.4. The number of aromatic nitrogens is 1. The van der Waals surface area contributed by atoms with Crippen LogP contribution in [0.4, 0.5) is 10.6 Å². The third-order valence-corrected chi connectivity index (χ3v) is 9.10. The van der Waals surface area contributed by atoms with E-state index in [4.69, 9.17) is 19.2 Å². The maximum absolute atomic E-state index is 13.3. The number of fused-ring (bicyclic) bond motifs is 1. The maximum atomic E-state index is 13.3. The van der Waals surface area contributed by atoms with E-state index >= 15 is 0 Å². The normalized spacial score (nSPS) is 21.0. The van der Waals surface area contributed by atoms with Gasteiger partial charge in [0.2, 0.25) is 0 Å². The molecule has 0 spiro atoms. The minimum absolute atomic E-state index is 0.0996. The summed E-state index contributed by atoms with van der Waals surface area (Å²) in [5.41, 5.74) is 8.30. The molecule has 0 radical (unpaired) electrons. The molecule has 3 aromatic rings. The van der Waals surface area contributed by atoms with Crippen LogP contribution in [0.25, 0.3) is 11.1 Å². The molecule has 0 bridgehead atoms. The molecule has 6 rings (SSSR count). The Morgan fingerprint density at radius 1 is 1.07 bits per heavy atom. The maximum Gasteiger partial charge on any atom is 0.411 e. The smallest absolute Gasteiger partial charge is 0.411 e. The molecule has 1 aliphatic carbocycles. The average molecular weight is 584 g/mol. The molecule has 2 saturated heterocycles. The van der Waals surface area contributed by atoms with Gasteiger partial charge in [-0.25, -0.2) is 9.78 Å². The molecule has 1 aromatic heterocycles. The number of hydrogen-bond donors (Lipinski definition) is 0. The summed E-state index contributed by atoms with van der Waals surface area (Å²) < 4.78 is 17.2. The van der Waals surface area contributed by atoms with Crippen molar-refractivity contribution in [2.45, 2.75) is 78.0 Å². The van der Waals surface area contributed by atoms with Crippen LogP contribution in [0.5, 0.6) is 5.75 Å². The number of aryl methyl sites for hydroxylation is 3. The molecule has 2 aromatic carbocycles. The number of carbonyl (C=O) groups is 2. The highest BCUT2D eigenvalue weighted by Gasteiger charge is 2.40. The van der Waals surface area contributed by atoms with Gasteiger partial charge < -0.3 is 19.1 Å². The lowest BCUT2D eigenvalue weighted by atomic mass is 9.92. The van der Waals surface area contributed by atoms with Gasteiger partial charge in [-0.1, -0.05) is 29.3 Å². The molecule has 2 aliphatic heterocycles. The molecule has 43 heavy (non-hydrogen) atoms. The van der Waals surface area contributed by atoms with Gasteiger partial charge in [-0.05, 0) is 93.8 Å².